The van der Waals surface area contributed by atoms with E-state index >= 15 is 0 Å². The van der Waals surface area contributed by atoms with Crippen molar-refractivity contribution in [1.29, 1.82) is 0 Å². The minimum absolute atomic E-state index is 0.0418. The Balaban J connectivity index is 2.80. The number of aliphatic hydroxyl groups excluding tert-OH is 1. The van der Waals surface area contributed by atoms with Crippen molar-refractivity contribution < 1.29 is 5.11 Å². The highest BCUT2D eigenvalue weighted by molar-refractivity contribution is 7.06. The highest BCUT2D eigenvalue weighted by Crippen LogP contribution is 2.31. The van der Waals surface area contributed by atoms with Crippen molar-refractivity contribution in [2.75, 3.05) is 0 Å². The Morgan fingerprint density at radius 1 is 1.62 bits per heavy atom. The van der Waals surface area contributed by atoms with Gasteiger partial charge in [0.25, 0.3) is 0 Å². The van der Waals surface area contributed by atoms with Crippen molar-refractivity contribution >= 4 is 11.5 Å². The van der Waals surface area contributed by atoms with Gasteiger partial charge in [0.05, 0.1) is 11.8 Å². The lowest BCUT2D eigenvalue weighted by atomic mass is 9.85. The summed E-state index contributed by atoms with van der Waals surface area (Å²) in [6, 6.07) is 2.10. The van der Waals surface area contributed by atoms with Crippen LogP contribution in [0.1, 0.15) is 37.8 Å². The lowest BCUT2D eigenvalue weighted by Gasteiger charge is -2.23. The number of hydrogen-bond acceptors (Lipinski definition) is 3. The summed E-state index contributed by atoms with van der Waals surface area (Å²) in [6.07, 6.45) is 0.534. The van der Waals surface area contributed by atoms with Gasteiger partial charge in [0, 0.05) is 10.3 Å². The SMILES string of the molecule is Cc1cc(C(C)(C)CC(C)O)sn1. The van der Waals surface area contributed by atoms with Crippen LogP contribution in [0.15, 0.2) is 6.07 Å². The smallest absolute Gasteiger partial charge is 0.0520 e. The molecule has 0 radical (unpaired) electrons. The van der Waals surface area contributed by atoms with Gasteiger partial charge in [-0.15, -0.1) is 0 Å². The van der Waals surface area contributed by atoms with E-state index in [1.165, 1.54) is 16.4 Å². The number of aliphatic hydroxyl groups is 1. The van der Waals surface area contributed by atoms with Crippen molar-refractivity contribution in [2.45, 2.75) is 45.6 Å². The molecule has 0 saturated carbocycles. The van der Waals surface area contributed by atoms with E-state index in [9.17, 15) is 5.11 Å². The first-order chi connectivity index (χ1) is 5.92. The minimum Gasteiger partial charge on any atom is -0.393 e. The molecule has 1 aromatic heterocycles. The van der Waals surface area contributed by atoms with E-state index in [0.29, 0.717) is 0 Å². The maximum atomic E-state index is 9.34. The van der Waals surface area contributed by atoms with E-state index in [1.807, 2.05) is 13.8 Å². The van der Waals surface area contributed by atoms with Crippen LogP contribution in [0.25, 0.3) is 0 Å². The maximum absolute atomic E-state index is 9.34. The van der Waals surface area contributed by atoms with Crippen molar-refractivity contribution in [2.24, 2.45) is 0 Å². The Labute approximate surface area is 83.8 Å². The Kier molecular flexibility index (Phi) is 3.09. The molecule has 1 heterocycles. The van der Waals surface area contributed by atoms with Crippen LogP contribution in [0.4, 0.5) is 0 Å². The molecule has 0 saturated heterocycles. The highest BCUT2D eigenvalue weighted by Gasteiger charge is 2.24. The molecule has 0 aromatic carbocycles. The molecule has 1 aromatic rings. The number of hydrogen-bond donors (Lipinski definition) is 1. The Bertz CT molecular complexity index is 278. The molecule has 0 aliphatic heterocycles. The average molecular weight is 199 g/mol. The zero-order chi connectivity index (χ0) is 10.1. The predicted molar refractivity (Wildman–Crippen MR) is 56.2 cm³/mol. The third-order valence-corrected chi connectivity index (χ3v) is 3.35. The second-order valence-corrected chi connectivity index (χ2v) is 5.07. The van der Waals surface area contributed by atoms with Gasteiger partial charge >= 0.3 is 0 Å². The lowest BCUT2D eigenvalue weighted by molar-refractivity contribution is 0.158. The Morgan fingerprint density at radius 2 is 2.23 bits per heavy atom. The van der Waals surface area contributed by atoms with Crippen LogP contribution in [0.3, 0.4) is 0 Å². The van der Waals surface area contributed by atoms with Crippen LogP contribution in [0.2, 0.25) is 0 Å². The minimum atomic E-state index is -0.252. The van der Waals surface area contributed by atoms with Gasteiger partial charge in [0.1, 0.15) is 0 Å². The first-order valence-corrected chi connectivity index (χ1v) is 5.31. The summed E-state index contributed by atoms with van der Waals surface area (Å²) >= 11 is 1.54. The van der Waals surface area contributed by atoms with E-state index in [2.05, 4.69) is 24.3 Å². The van der Waals surface area contributed by atoms with Crippen molar-refractivity contribution in [1.82, 2.24) is 4.37 Å². The van der Waals surface area contributed by atoms with Crippen LogP contribution >= 0.6 is 11.5 Å². The van der Waals surface area contributed by atoms with Gasteiger partial charge in [0.15, 0.2) is 0 Å². The summed E-state index contributed by atoms with van der Waals surface area (Å²) in [7, 11) is 0. The van der Waals surface area contributed by atoms with Gasteiger partial charge in [-0.05, 0) is 37.9 Å². The third kappa shape index (κ3) is 2.78. The summed E-state index contributed by atoms with van der Waals surface area (Å²) in [5.74, 6) is 0. The van der Waals surface area contributed by atoms with Gasteiger partial charge in [-0.2, -0.15) is 4.37 Å². The summed E-state index contributed by atoms with van der Waals surface area (Å²) in [5.41, 5.74) is 1.11. The zero-order valence-corrected chi connectivity index (χ0v) is 9.48. The molecular weight excluding hydrogens is 182 g/mol. The van der Waals surface area contributed by atoms with Crippen molar-refractivity contribution in [3.63, 3.8) is 0 Å². The van der Waals surface area contributed by atoms with Gasteiger partial charge in [-0.3, -0.25) is 0 Å². The first-order valence-electron chi connectivity index (χ1n) is 4.54. The molecule has 3 heteroatoms. The molecule has 0 fully saturated rings. The molecule has 13 heavy (non-hydrogen) atoms. The molecule has 2 nitrogen and oxygen atoms in total. The molecule has 1 rings (SSSR count). The van der Waals surface area contributed by atoms with Crippen molar-refractivity contribution in [3.8, 4) is 0 Å². The highest BCUT2D eigenvalue weighted by atomic mass is 32.1. The normalized spacial score (nSPS) is 14.5. The third-order valence-electron chi connectivity index (χ3n) is 2.10. The summed E-state index contributed by atoms with van der Waals surface area (Å²) in [4.78, 5) is 1.26. The average Bonchev–Trinajstić information content (AvgIpc) is 2.32. The number of aromatic nitrogens is 1. The van der Waals surface area contributed by atoms with E-state index < -0.39 is 0 Å². The van der Waals surface area contributed by atoms with Gasteiger partial charge in [-0.25, -0.2) is 0 Å². The van der Waals surface area contributed by atoms with Gasteiger partial charge in [-0.1, -0.05) is 13.8 Å². The molecule has 0 bridgehead atoms. The second kappa shape index (κ2) is 3.76. The number of aryl methyl sites for hydroxylation is 1. The second-order valence-electron chi connectivity index (χ2n) is 4.27. The molecule has 74 valence electrons. The van der Waals surface area contributed by atoms with E-state index in [1.54, 1.807) is 0 Å². The standard InChI is InChI=1S/C10H17NOS/c1-7-5-9(13-11-7)10(3,4)6-8(2)12/h5,8,12H,6H2,1-4H3. The molecule has 1 unspecified atom stereocenters. The van der Waals surface area contributed by atoms with Gasteiger partial charge < -0.3 is 5.11 Å². The van der Waals surface area contributed by atoms with Crippen LogP contribution in [-0.4, -0.2) is 15.6 Å². The van der Waals surface area contributed by atoms with E-state index in [-0.39, 0.29) is 11.5 Å². The van der Waals surface area contributed by atoms with E-state index in [0.717, 1.165) is 12.1 Å². The molecule has 0 aliphatic carbocycles. The summed E-state index contributed by atoms with van der Waals surface area (Å²) in [6.45, 7) is 8.12. The fourth-order valence-corrected chi connectivity index (χ4v) is 2.37. The van der Waals surface area contributed by atoms with Crippen LogP contribution in [0, 0.1) is 6.92 Å². The Morgan fingerprint density at radius 3 is 2.62 bits per heavy atom. The quantitative estimate of drug-likeness (QED) is 0.811. The number of rotatable bonds is 3. The molecule has 1 atom stereocenters. The molecule has 0 spiro atoms. The topological polar surface area (TPSA) is 33.1 Å². The fourth-order valence-electron chi connectivity index (χ4n) is 1.52. The molecular formula is C10H17NOS. The Hall–Kier alpha value is -0.410. The number of nitrogens with zero attached hydrogens (tertiary/aromatic N) is 1. The maximum Gasteiger partial charge on any atom is 0.0520 e. The van der Waals surface area contributed by atoms with Crippen LogP contribution in [-0.2, 0) is 5.41 Å². The molecule has 0 amide bonds. The van der Waals surface area contributed by atoms with Crippen LogP contribution in [0.5, 0.6) is 0 Å². The van der Waals surface area contributed by atoms with Crippen LogP contribution < -0.4 is 0 Å². The largest absolute Gasteiger partial charge is 0.393 e. The zero-order valence-electron chi connectivity index (χ0n) is 8.66. The molecule has 0 aliphatic rings. The lowest BCUT2D eigenvalue weighted by Crippen LogP contribution is -2.21. The van der Waals surface area contributed by atoms with Crippen molar-refractivity contribution in [3.05, 3.63) is 16.6 Å². The molecule has 1 N–H and O–H groups in total. The fraction of sp³-hybridized carbons (Fsp3) is 0.700. The summed E-state index contributed by atoms with van der Waals surface area (Å²) in [5, 5.41) is 9.34. The van der Waals surface area contributed by atoms with Gasteiger partial charge in [0.2, 0.25) is 0 Å². The monoisotopic (exact) mass is 199 g/mol. The predicted octanol–water partition coefficient (Wildman–Crippen LogP) is 2.50. The van der Waals surface area contributed by atoms with E-state index in [4.69, 9.17) is 0 Å². The first kappa shape index (κ1) is 10.7. The summed E-state index contributed by atoms with van der Waals surface area (Å²) < 4.78 is 4.25.